The van der Waals surface area contributed by atoms with E-state index in [2.05, 4.69) is 20.4 Å². The fourth-order valence-corrected chi connectivity index (χ4v) is 2.89. The molecule has 0 atom stereocenters. The molecule has 27 heavy (non-hydrogen) atoms. The lowest BCUT2D eigenvalue weighted by atomic mass is 10.2. The summed E-state index contributed by atoms with van der Waals surface area (Å²) in [7, 11) is 0. The third-order valence-corrected chi connectivity index (χ3v) is 4.45. The molecule has 1 saturated heterocycles. The summed E-state index contributed by atoms with van der Waals surface area (Å²) in [5.41, 5.74) is 0.839. The molecule has 144 valence electrons. The predicted molar refractivity (Wildman–Crippen MR) is 97.1 cm³/mol. The third-order valence-electron chi connectivity index (χ3n) is 4.20. The van der Waals surface area contributed by atoms with E-state index in [0.717, 1.165) is 18.7 Å². The first kappa shape index (κ1) is 19.3. The van der Waals surface area contributed by atoms with E-state index in [4.69, 9.17) is 21.2 Å². The molecule has 0 unspecified atom stereocenters. The normalized spacial score (nSPS) is 15.6. The van der Waals surface area contributed by atoms with Gasteiger partial charge in [-0.2, -0.15) is 4.98 Å². The first-order valence-corrected chi connectivity index (χ1v) is 8.89. The Morgan fingerprint density at radius 2 is 1.81 bits per heavy atom. The lowest BCUT2D eigenvalue weighted by molar-refractivity contribution is -0.138. The van der Waals surface area contributed by atoms with E-state index < -0.39 is 5.97 Å². The summed E-state index contributed by atoms with van der Waals surface area (Å²) >= 11 is 5.88. The zero-order valence-electron chi connectivity index (χ0n) is 14.6. The summed E-state index contributed by atoms with van der Waals surface area (Å²) in [6.45, 7) is 3.31. The Kier molecular flexibility index (Phi) is 6.38. The average Bonchev–Trinajstić information content (AvgIpc) is 3.11. The van der Waals surface area contributed by atoms with Crippen LogP contribution in [0.5, 0.6) is 0 Å². The molecule has 0 spiro atoms. The number of carbonyl (C=O) groups is 2. The molecule has 10 heteroatoms. The molecule has 2 aromatic rings. The van der Waals surface area contributed by atoms with Crippen molar-refractivity contribution in [1.29, 1.82) is 0 Å². The number of piperazine rings is 1. The number of aliphatic carboxylic acids is 1. The molecule has 0 aliphatic carbocycles. The molecule has 1 amide bonds. The molecule has 2 heterocycles. The van der Waals surface area contributed by atoms with E-state index >= 15 is 0 Å². The molecule has 9 nitrogen and oxygen atoms in total. The van der Waals surface area contributed by atoms with Crippen LogP contribution >= 0.6 is 11.6 Å². The molecule has 1 fully saturated rings. The Balaban J connectivity index is 1.45. The van der Waals surface area contributed by atoms with Crippen LogP contribution in [0.25, 0.3) is 11.4 Å². The monoisotopic (exact) mass is 393 g/mol. The van der Waals surface area contributed by atoms with Crippen LogP contribution in [0.2, 0.25) is 5.02 Å². The summed E-state index contributed by atoms with van der Waals surface area (Å²) < 4.78 is 5.33. The van der Waals surface area contributed by atoms with E-state index in [-0.39, 0.29) is 19.0 Å². The fraction of sp³-hybridized carbons (Fsp3) is 0.412. The molecule has 1 aliphatic rings. The lowest BCUT2D eigenvalue weighted by Gasteiger charge is -2.33. The second-order valence-corrected chi connectivity index (χ2v) is 6.68. The topological polar surface area (TPSA) is 112 Å². The molecule has 3 rings (SSSR count). The molecule has 1 aromatic heterocycles. The number of amides is 1. The summed E-state index contributed by atoms with van der Waals surface area (Å²) in [4.78, 5) is 30.7. The van der Waals surface area contributed by atoms with Gasteiger partial charge in [-0.25, -0.2) is 0 Å². The summed E-state index contributed by atoms with van der Waals surface area (Å²) in [5, 5.41) is 15.6. The van der Waals surface area contributed by atoms with Crippen molar-refractivity contribution in [3.8, 4) is 11.4 Å². The first-order valence-electron chi connectivity index (χ1n) is 8.51. The number of hydrogen-bond donors (Lipinski definition) is 2. The molecular formula is C17H20ClN5O4. The van der Waals surface area contributed by atoms with Crippen molar-refractivity contribution < 1.29 is 19.2 Å². The number of halogens is 1. The van der Waals surface area contributed by atoms with Crippen LogP contribution in [0.1, 0.15) is 5.89 Å². The van der Waals surface area contributed by atoms with Crippen molar-refractivity contribution in [2.24, 2.45) is 0 Å². The van der Waals surface area contributed by atoms with Crippen molar-refractivity contribution in [2.45, 2.75) is 6.54 Å². The van der Waals surface area contributed by atoms with Crippen molar-refractivity contribution in [3.63, 3.8) is 0 Å². The number of hydrogen-bond acceptors (Lipinski definition) is 7. The number of nitrogens with zero attached hydrogens (tertiary/aromatic N) is 4. The van der Waals surface area contributed by atoms with E-state index in [1.807, 2.05) is 17.0 Å². The Labute approximate surface area is 160 Å². The van der Waals surface area contributed by atoms with Gasteiger partial charge in [-0.05, 0) is 24.3 Å². The second-order valence-electron chi connectivity index (χ2n) is 6.24. The highest BCUT2D eigenvalue weighted by atomic mass is 35.5. The standard InChI is InChI=1S/C17H20ClN5O4/c18-13-3-1-12(2-4-13)17-20-15(27-21-17)11-23-7-5-22(6-8-23)10-14(24)19-9-16(25)26/h1-4H,5-11H2,(H,19,24)(H,25,26). The molecule has 0 radical (unpaired) electrons. The Hall–Kier alpha value is -2.49. The van der Waals surface area contributed by atoms with Gasteiger partial charge in [0, 0.05) is 36.8 Å². The van der Waals surface area contributed by atoms with Gasteiger partial charge in [0.2, 0.25) is 17.6 Å². The number of nitrogens with one attached hydrogen (secondary N) is 1. The van der Waals surface area contributed by atoms with Gasteiger partial charge in [0.1, 0.15) is 6.54 Å². The maximum Gasteiger partial charge on any atom is 0.322 e. The van der Waals surface area contributed by atoms with Gasteiger partial charge in [0.05, 0.1) is 13.1 Å². The lowest BCUT2D eigenvalue weighted by Crippen LogP contribution is -2.49. The van der Waals surface area contributed by atoms with Crippen LogP contribution in [0.4, 0.5) is 0 Å². The van der Waals surface area contributed by atoms with Crippen molar-refractivity contribution in [2.75, 3.05) is 39.3 Å². The predicted octanol–water partition coefficient (Wildman–Crippen LogP) is 0.708. The highest BCUT2D eigenvalue weighted by Crippen LogP contribution is 2.19. The summed E-state index contributed by atoms with van der Waals surface area (Å²) in [5.74, 6) is -0.274. The number of carboxylic acid groups (broad SMARTS) is 1. The van der Waals surface area contributed by atoms with Gasteiger partial charge in [0.15, 0.2) is 0 Å². The van der Waals surface area contributed by atoms with Crippen LogP contribution in [0, 0.1) is 0 Å². The SMILES string of the molecule is O=C(O)CNC(=O)CN1CCN(Cc2nc(-c3ccc(Cl)cc3)no2)CC1. The fourth-order valence-electron chi connectivity index (χ4n) is 2.77. The summed E-state index contributed by atoms with van der Waals surface area (Å²) in [6, 6.07) is 7.23. The molecule has 0 bridgehead atoms. The largest absolute Gasteiger partial charge is 0.480 e. The van der Waals surface area contributed by atoms with Gasteiger partial charge in [-0.3, -0.25) is 19.4 Å². The first-order chi connectivity index (χ1) is 13.0. The van der Waals surface area contributed by atoms with E-state index in [1.54, 1.807) is 12.1 Å². The van der Waals surface area contributed by atoms with Crippen LogP contribution in [-0.4, -0.2) is 76.2 Å². The van der Waals surface area contributed by atoms with Crippen LogP contribution in [0.15, 0.2) is 28.8 Å². The number of rotatable bonds is 7. The zero-order valence-corrected chi connectivity index (χ0v) is 15.4. The zero-order chi connectivity index (χ0) is 19.2. The van der Waals surface area contributed by atoms with Crippen molar-refractivity contribution in [3.05, 3.63) is 35.2 Å². The maximum absolute atomic E-state index is 11.7. The second kappa shape index (κ2) is 8.94. The van der Waals surface area contributed by atoms with Gasteiger partial charge >= 0.3 is 5.97 Å². The van der Waals surface area contributed by atoms with Crippen LogP contribution < -0.4 is 5.32 Å². The quantitative estimate of drug-likeness (QED) is 0.707. The molecule has 1 aliphatic heterocycles. The Morgan fingerprint density at radius 1 is 1.15 bits per heavy atom. The third kappa shape index (κ3) is 5.75. The number of carboxylic acids is 1. The van der Waals surface area contributed by atoms with Crippen LogP contribution in [0.3, 0.4) is 0 Å². The van der Waals surface area contributed by atoms with Gasteiger partial charge < -0.3 is 14.9 Å². The summed E-state index contributed by atoms with van der Waals surface area (Å²) in [6.07, 6.45) is 0. The minimum absolute atomic E-state index is 0.197. The number of carbonyl (C=O) groups excluding carboxylic acids is 1. The minimum Gasteiger partial charge on any atom is -0.480 e. The molecular weight excluding hydrogens is 374 g/mol. The smallest absolute Gasteiger partial charge is 0.322 e. The van der Waals surface area contributed by atoms with E-state index in [1.165, 1.54) is 0 Å². The average molecular weight is 394 g/mol. The van der Waals surface area contributed by atoms with E-state index in [0.29, 0.717) is 36.4 Å². The highest BCUT2D eigenvalue weighted by Gasteiger charge is 2.21. The highest BCUT2D eigenvalue weighted by molar-refractivity contribution is 6.30. The maximum atomic E-state index is 11.7. The van der Waals surface area contributed by atoms with E-state index in [9.17, 15) is 9.59 Å². The number of benzene rings is 1. The van der Waals surface area contributed by atoms with Crippen molar-refractivity contribution in [1.82, 2.24) is 25.3 Å². The van der Waals surface area contributed by atoms with Gasteiger partial charge in [-0.15, -0.1) is 0 Å². The van der Waals surface area contributed by atoms with Crippen LogP contribution in [-0.2, 0) is 16.1 Å². The number of aromatic nitrogens is 2. The van der Waals surface area contributed by atoms with Gasteiger partial charge in [-0.1, -0.05) is 16.8 Å². The molecule has 1 aromatic carbocycles. The van der Waals surface area contributed by atoms with Gasteiger partial charge in [0.25, 0.3) is 0 Å². The molecule has 2 N–H and O–H groups in total. The Morgan fingerprint density at radius 3 is 2.48 bits per heavy atom. The van der Waals surface area contributed by atoms with Crippen molar-refractivity contribution >= 4 is 23.5 Å². The Bertz CT molecular complexity index is 787. The molecule has 0 saturated carbocycles. The minimum atomic E-state index is -1.05.